The molecule has 1 N–H and O–H groups in total. The second-order valence-corrected chi connectivity index (χ2v) is 6.77. The van der Waals surface area contributed by atoms with Gasteiger partial charge in [-0.15, -0.1) is 0 Å². The highest BCUT2D eigenvalue weighted by atomic mass is 16.5. The van der Waals surface area contributed by atoms with Crippen LogP contribution in [0.3, 0.4) is 0 Å². The van der Waals surface area contributed by atoms with Crippen LogP contribution in [0.15, 0.2) is 61.2 Å². The highest BCUT2D eigenvalue weighted by Crippen LogP contribution is 2.29. The maximum absolute atomic E-state index is 12.5. The molecule has 28 heavy (non-hydrogen) atoms. The minimum absolute atomic E-state index is 0.0327. The van der Waals surface area contributed by atoms with Crippen molar-refractivity contribution >= 4 is 5.91 Å². The molecule has 0 aliphatic carbocycles. The van der Waals surface area contributed by atoms with E-state index in [-0.39, 0.29) is 12.0 Å². The summed E-state index contributed by atoms with van der Waals surface area (Å²) in [4.78, 5) is 16.5. The lowest BCUT2D eigenvalue weighted by molar-refractivity contribution is 0.0950. The van der Waals surface area contributed by atoms with E-state index in [1.54, 1.807) is 37.8 Å². The highest BCUT2D eigenvalue weighted by Gasteiger charge is 2.12. The van der Waals surface area contributed by atoms with Gasteiger partial charge in [0.25, 0.3) is 5.91 Å². The van der Waals surface area contributed by atoms with Crippen LogP contribution in [0.1, 0.15) is 35.3 Å². The largest absolute Gasteiger partial charge is 0.493 e. The molecule has 6 heteroatoms. The fourth-order valence-electron chi connectivity index (χ4n) is 2.80. The number of hydrogen-bond acceptors (Lipinski definition) is 4. The first-order valence-corrected chi connectivity index (χ1v) is 9.21. The molecular formula is C22H25N3O3. The topological polar surface area (TPSA) is 65.4 Å². The van der Waals surface area contributed by atoms with E-state index in [1.807, 2.05) is 36.7 Å². The first-order valence-electron chi connectivity index (χ1n) is 9.21. The van der Waals surface area contributed by atoms with Gasteiger partial charge < -0.3 is 19.4 Å². The Bertz CT molecular complexity index is 903. The first-order chi connectivity index (χ1) is 13.5. The predicted molar refractivity (Wildman–Crippen MR) is 108 cm³/mol. The number of ether oxygens (including phenoxy) is 2. The minimum Gasteiger partial charge on any atom is -0.493 e. The number of carbonyl (C=O) groups excluding carboxylic acids is 1. The van der Waals surface area contributed by atoms with Crippen molar-refractivity contribution < 1.29 is 14.3 Å². The molecule has 3 rings (SSSR count). The zero-order valence-corrected chi connectivity index (χ0v) is 16.4. The maximum Gasteiger partial charge on any atom is 0.251 e. The summed E-state index contributed by atoms with van der Waals surface area (Å²) in [6.45, 7) is 5.12. The average molecular weight is 379 g/mol. The Morgan fingerprint density at radius 3 is 2.50 bits per heavy atom. The van der Waals surface area contributed by atoms with Gasteiger partial charge in [-0.25, -0.2) is 4.98 Å². The smallest absolute Gasteiger partial charge is 0.251 e. The Morgan fingerprint density at radius 1 is 1.11 bits per heavy atom. The fraction of sp³-hybridized carbons (Fsp3) is 0.273. The summed E-state index contributed by atoms with van der Waals surface area (Å²) in [7, 11) is 1.57. The van der Waals surface area contributed by atoms with E-state index in [0.717, 1.165) is 12.1 Å². The average Bonchev–Trinajstić information content (AvgIpc) is 3.20. The number of imidazole rings is 1. The number of aromatic nitrogens is 2. The summed E-state index contributed by atoms with van der Waals surface area (Å²) >= 11 is 0. The Kier molecular flexibility index (Phi) is 6.32. The molecule has 0 saturated carbocycles. The van der Waals surface area contributed by atoms with E-state index in [1.165, 1.54) is 5.56 Å². The van der Waals surface area contributed by atoms with Gasteiger partial charge in [0.15, 0.2) is 11.5 Å². The van der Waals surface area contributed by atoms with Crippen LogP contribution >= 0.6 is 0 Å². The zero-order valence-electron chi connectivity index (χ0n) is 16.4. The molecule has 0 aliphatic heterocycles. The molecule has 2 aromatic carbocycles. The van der Waals surface area contributed by atoms with Crippen molar-refractivity contribution in [3.8, 4) is 11.5 Å². The summed E-state index contributed by atoms with van der Waals surface area (Å²) in [5.41, 5.74) is 2.75. The molecule has 3 aromatic rings. The normalized spacial score (nSPS) is 10.7. The Hall–Kier alpha value is -3.28. The highest BCUT2D eigenvalue weighted by molar-refractivity contribution is 5.94. The van der Waals surface area contributed by atoms with Crippen LogP contribution < -0.4 is 14.8 Å². The van der Waals surface area contributed by atoms with Gasteiger partial charge in [-0.05, 0) is 43.2 Å². The molecule has 0 atom stereocenters. The number of carbonyl (C=O) groups is 1. The Labute approximate surface area is 165 Å². The molecule has 0 saturated heterocycles. The fourth-order valence-corrected chi connectivity index (χ4v) is 2.80. The van der Waals surface area contributed by atoms with E-state index < -0.39 is 0 Å². The predicted octanol–water partition coefficient (Wildman–Crippen LogP) is 3.66. The van der Waals surface area contributed by atoms with Crippen molar-refractivity contribution in [3.63, 3.8) is 0 Å². The summed E-state index contributed by atoms with van der Waals surface area (Å²) in [5, 5.41) is 2.94. The van der Waals surface area contributed by atoms with E-state index in [0.29, 0.717) is 23.6 Å². The van der Waals surface area contributed by atoms with Crippen molar-refractivity contribution in [1.29, 1.82) is 0 Å². The van der Waals surface area contributed by atoms with Gasteiger partial charge in [-0.2, -0.15) is 0 Å². The van der Waals surface area contributed by atoms with Gasteiger partial charge >= 0.3 is 0 Å². The number of nitrogens with zero attached hydrogens (tertiary/aromatic N) is 2. The quantitative estimate of drug-likeness (QED) is 0.649. The van der Waals surface area contributed by atoms with Crippen LogP contribution in [0.4, 0.5) is 0 Å². The molecular weight excluding hydrogens is 354 g/mol. The summed E-state index contributed by atoms with van der Waals surface area (Å²) in [6.07, 6.45) is 5.52. The zero-order chi connectivity index (χ0) is 19.9. The van der Waals surface area contributed by atoms with E-state index in [2.05, 4.69) is 22.4 Å². The SMILES string of the molecule is COc1cc(C(=O)NCc2ccc(Cn3ccnc3)cc2)ccc1OC(C)C. The van der Waals surface area contributed by atoms with Crippen LogP contribution in [-0.4, -0.2) is 28.7 Å². The van der Waals surface area contributed by atoms with Crippen LogP contribution in [0.5, 0.6) is 11.5 Å². The molecule has 0 radical (unpaired) electrons. The molecule has 1 heterocycles. The van der Waals surface area contributed by atoms with Crippen molar-refractivity contribution in [1.82, 2.24) is 14.9 Å². The van der Waals surface area contributed by atoms with Gasteiger partial charge in [0.05, 0.1) is 19.5 Å². The van der Waals surface area contributed by atoms with Crippen molar-refractivity contribution in [2.24, 2.45) is 0 Å². The summed E-state index contributed by atoms with van der Waals surface area (Å²) in [5.74, 6) is 1.02. The second kappa shape index (κ2) is 9.08. The van der Waals surface area contributed by atoms with Crippen molar-refractivity contribution in [2.45, 2.75) is 33.0 Å². The van der Waals surface area contributed by atoms with Crippen molar-refractivity contribution in [3.05, 3.63) is 77.9 Å². The minimum atomic E-state index is -0.156. The molecule has 0 unspecified atom stereocenters. The first kappa shape index (κ1) is 19.5. The van der Waals surface area contributed by atoms with E-state index >= 15 is 0 Å². The van der Waals surface area contributed by atoms with Crippen molar-refractivity contribution in [2.75, 3.05) is 7.11 Å². The van der Waals surface area contributed by atoms with Crippen LogP contribution in [0.25, 0.3) is 0 Å². The van der Waals surface area contributed by atoms with Crippen LogP contribution in [0, 0.1) is 0 Å². The molecule has 1 amide bonds. The molecule has 0 bridgehead atoms. The van der Waals surface area contributed by atoms with Gasteiger partial charge in [0.2, 0.25) is 0 Å². The lowest BCUT2D eigenvalue weighted by atomic mass is 10.1. The third-order valence-electron chi connectivity index (χ3n) is 4.19. The number of methoxy groups -OCH3 is 1. The molecule has 0 fully saturated rings. The molecule has 0 aliphatic rings. The molecule has 0 spiro atoms. The maximum atomic E-state index is 12.5. The Morgan fingerprint density at radius 2 is 1.86 bits per heavy atom. The Balaban J connectivity index is 1.59. The monoisotopic (exact) mass is 379 g/mol. The second-order valence-electron chi connectivity index (χ2n) is 6.77. The van der Waals surface area contributed by atoms with Gasteiger partial charge in [0.1, 0.15) is 0 Å². The lowest BCUT2D eigenvalue weighted by Crippen LogP contribution is -2.22. The third-order valence-corrected chi connectivity index (χ3v) is 4.19. The lowest BCUT2D eigenvalue weighted by Gasteiger charge is -2.14. The molecule has 146 valence electrons. The number of benzene rings is 2. The number of nitrogens with one attached hydrogen (secondary N) is 1. The van der Waals surface area contributed by atoms with E-state index in [4.69, 9.17) is 9.47 Å². The van der Waals surface area contributed by atoms with Crippen LogP contribution in [-0.2, 0) is 13.1 Å². The van der Waals surface area contributed by atoms with Gasteiger partial charge in [-0.3, -0.25) is 4.79 Å². The number of rotatable bonds is 8. The van der Waals surface area contributed by atoms with E-state index in [9.17, 15) is 4.79 Å². The summed E-state index contributed by atoms with van der Waals surface area (Å²) < 4.78 is 13.0. The third kappa shape index (κ3) is 5.13. The standard InChI is InChI=1S/C22H25N3O3/c1-16(2)28-20-9-8-19(12-21(20)27-3)22(26)24-13-17-4-6-18(7-5-17)14-25-11-10-23-15-25/h4-12,15-16H,13-14H2,1-3H3,(H,24,26). The number of amides is 1. The number of hydrogen-bond donors (Lipinski definition) is 1. The van der Waals surface area contributed by atoms with Gasteiger partial charge in [0, 0.05) is 31.0 Å². The van der Waals surface area contributed by atoms with Gasteiger partial charge in [-0.1, -0.05) is 24.3 Å². The molecule has 6 nitrogen and oxygen atoms in total. The summed E-state index contributed by atoms with van der Waals surface area (Å²) in [6, 6.07) is 13.4. The van der Waals surface area contributed by atoms with Crippen LogP contribution in [0.2, 0.25) is 0 Å². The molecule has 1 aromatic heterocycles.